The molecule has 0 aliphatic heterocycles. The van der Waals surface area contributed by atoms with Crippen LogP contribution in [0, 0.1) is 0 Å². The lowest BCUT2D eigenvalue weighted by Gasteiger charge is -2.14. The average molecular weight is 507 g/mol. The first-order valence-electron chi connectivity index (χ1n) is 13.1. The molecule has 0 radical (unpaired) electrons. The number of carbonyl (C=O) groups is 4. The van der Waals surface area contributed by atoms with Crippen molar-refractivity contribution in [1.29, 1.82) is 0 Å². The van der Waals surface area contributed by atoms with Crippen LogP contribution in [0.4, 0.5) is 0 Å². The fraction of sp³-hybridized carbons (Fsp3) is 0.630. The van der Waals surface area contributed by atoms with Gasteiger partial charge in [0, 0.05) is 19.4 Å². The van der Waals surface area contributed by atoms with Crippen molar-refractivity contribution >= 4 is 23.8 Å². The predicted octanol–water partition coefficient (Wildman–Crippen LogP) is 4.54. The van der Waals surface area contributed by atoms with Gasteiger partial charge < -0.3 is 25.6 Å². The number of nitrogens with one attached hydrogen (secondary N) is 2. The van der Waals surface area contributed by atoms with E-state index in [2.05, 4.69) is 10.6 Å². The Bertz CT molecular complexity index is 796. The Morgan fingerprint density at radius 3 is 2.00 bits per heavy atom. The molecule has 1 unspecified atom stereocenters. The molecule has 0 aliphatic rings. The molecule has 1 aromatic rings. The van der Waals surface area contributed by atoms with E-state index in [1.165, 1.54) is 12.1 Å². The molecule has 0 fully saturated rings. The maximum absolute atomic E-state index is 12.1. The Kier molecular flexibility index (Phi) is 16.4. The third-order valence-corrected chi connectivity index (χ3v) is 5.81. The molecule has 36 heavy (non-hydrogen) atoms. The van der Waals surface area contributed by atoms with Gasteiger partial charge in [0.1, 0.15) is 11.8 Å². The van der Waals surface area contributed by atoms with E-state index in [4.69, 9.17) is 9.84 Å². The van der Waals surface area contributed by atoms with Crippen LogP contribution in [0.2, 0.25) is 0 Å². The van der Waals surface area contributed by atoms with Crippen LogP contribution < -0.4 is 15.4 Å². The summed E-state index contributed by atoms with van der Waals surface area (Å²) in [6.45, 7) is 3.21. The first-order chi connectivity index (χ1) is 17.3. The van der Waals surface area contributed by atoms with E-state index in [1.54, 1.807) is 12.1 Å². The lowest BCUT2D eigenvalue weighted by Crippen LogP contribution is -2.41. The highest BCUT2D eigenvalue weighted by Crippen LogP contribution is 2.14. The summed E-state index contributed by atoms with van der Waals surface area (Å²) in [5, 5.41) is 23.5. The zero-order valence-electron chi connectivity index (χ0n) is 21.4. The number of aliphatic carboxylic acids is 1. The fourth-order valence-corrected chi connectivity index (χ4v) is 3.62. The number of unbranched alkanes of at least 4 members (excludes halogenated alkanes) is 8. The van der Waals surface area contributed by atoms with Gasteiger partial charge in [-0.05, 0) is 49.9 Å². The minimum atomic E-state index is -1.12. The molecule has 0 aromatic heterocycles. The second kappa shape index (κ2) is 19.1. The third kappa shape index (κ3) is 15.0. The summed E-state index contributed by atoms with van der Waals surface area (Å²) in [5.74, 6) is -1.87. The average Bonchev–Trinajstić information content (AvgIpc) is 2.85. The molecule has 9 heteroatoms. The van der Waals surface area contributed by atoms with Gasteiger partial charge in [-0.1, -0.05) is 51.9 Å². The molecule has 4 N–H and O–H groups in total. The Balaban J connectivity index is 2.02. The van der Waals surface area contributed by atoms with E-state index in [0.717, 1.165) is 57.8 Å². The van der Waals surface area contributed by atoms with Crippen molar-refractivity contribution in [1.82, 2.24) is 10.6 Å². The number of benzene rings is 1. The maximum Gasteiger partial charge on any atom is 0.335 e. The summed E-state index contributed by atoms with van der Waals surface area (Å²) in [5.41, 5.74) is 0.242. The van der Waals surface area contributed by atoms with Crippen LogP contribution in [0.15, 0.2) is 24.3 Å². The topological polar surface area (TPSA) is 142 Å². The summed E-state index contributed by atoms with van der Waals surface area (Å²) in [7, 11) is 0. The van der Waals surface area contributed by atoms with E-state index in [1.807, 2.05) is 6.92 Å². The number of carboxylic acid groups (broad SMARTS) is 2. The van der Waals surface area contributed by atoms with Crippen LogP contribution in [0.1, 0.15) is 101 Å². The van der Waals surface area contributed by atoms with Crippen molar-refractivity contribution in [2.75, 3.05) is 13.2 Å². The minimum Gasteiger partial charge on any atom is -0.494 e. The lowest BCUT2D eigenvalue weighted by atomic mass is 10.1. The number of hydrogen-bond donors (Lipinski definition) is 4. The standard InChI is InChI=1S/C27H42N2O7/c1-2-3-19-28-24(30)18-17-23(27(34)35)29-25(31)12-10-8-6-4-5-7-9-11-20-36-22-15-13-21(14-16-22)26(32)33/h13-16,23H,2-12,17-20H2,1H3,(H,28,30)(H,29,31)(H,32,33)(H,34,35). The van der Waals surface area contributed by atoms with Gasteiger partial charge >= 0.3 is 11.9 Å². The highest BCUT2D eigenvalue weighted by molar-refractivity contribution is 5.87. The Labute approximate surface area is 214 Å². The van der Waals surface area contributed by atoms with E-state index in [9.17, 15) is 24.3 Å². The molecule has 0 saturated carbocycles. The van der Waals surface area contributed by atoms with Crippen LogP contribution in [-0.4, -0.2) is 53.2 Å². The van der Waals surface area contributed by atoms with Crippen molar-refractivity contribution in [2.24, 2.45) is 0 Å². The van der Waals surface area contributed by atoms with Crippen LogP contribution in [-0.2, 0) is 14.4 Å². The molecule has 1 rings (SSSR count). The van der Waals surface area contributed by atoms with E-state index >= 15 is 0 Å². The zero-order chi connectivity index (χ0) is 26.6. The number of amides is 2. The molecule has 0 bridgehead atoms. The highest BCUT2D eigenvalue weighted by atomic mass is 16.5. The van der Waals surface area contributed by atoms with Gasteiger partial charge in [-0.25, -0.2) is 9.59 Å². The summed E-state index contributed by atoms with van der Waals surface area (Å²) in [6.07, 6.45) is 10.3. The zero-order valence-corrected chi connectivity index (χ0v) is 21.4. The van der Waals surface area contributed by atoms with E-state index in [-0.39, 0.29) is 36.6 Å². The number of carbonyl (C=O) groups excluding carboxylic acids is 2. The van der Waals surface area contributed by atoms with Gasteiger partial charge in [0.2, 0.25) is 11.8 Å². The van der Waals surface area contributed by atoms with Crippen LogP contribution in [0.25, 0.3) is 0 Å². The molecule has 202 valence electrons. The lowest BCUT2D eigenvalue weighted by molar-refractivity contribution is -0.142. The van der Waals surface area contributed by atoms with Gasteiger partial charge in [0.15, 0.2) is 0 Å². The molecule has 0 spiro atoms. The number of carboxylic acids is 2. The first kappa shape index (κ1) is 30.9. The van der Waals surface area contributed by atoms with Crippen LogP contribution >= 0.6 is 0 Å². The quantitative estimate of drug-likeness (QED) is 0.179. The summed E-state index contributed by atoms with van der Waals surface area (Å²) >= 11 is 0. The van der Waals surface area contributed by atoms with Gasteiger partial charge in [-0.3, -0.25) is 9.59 Å². The van der Waals surface area contributed by atoms with Gasteiger partial charge in [0.25, 0.3) is 0 Å². The number of ether oxygens (including phenoxy) is 1. The third-order valence-electron chi connectivity index (χ3n) is 5.81. The first-order valence-corrected chi connectivity index (χ1v) is 13.1. The highest BCUT2D eigenvalue weighted by Gasteiger charge is 2.20. The smallest absolute Gasteiger partial charge is 0.335 e. The van der Waals surface area contributed by atoms with E-state index < -0.39 is 18.0 Å². The monoisotopic (exact) mass is 506 g/mol. The Morgan fingerprint density at radius 2 is 1.42 bits per heavy atom. The summed E-state index contributed by atoms with van der Waals surface area (Å²) in [6, 6.07) is 5.35. The summed E-state index contributed by atoms with van der Waals surface area (Å²) in [4.78, 5) is 46.0. The number of aromatic carboxylic acids is 1. The van der Waals surface area contributed by atoms with Crippen molar-refractivity contribution in [3.05, 3.63) is 29.8 Å². The van der Waals surface area contributed by atoms with Gasteiger partial charge in [-0.2, -0.15) is 0 Å². The maximum atomic E-state index is 12.1. The number of hydrogen-bond acceptors (Lipinski definition) is 5. The Hall–Kier alpha value is -3.10. The molecule has 2 amide bonds. The van der Waals surface area contributed by atoms with Crippen molar-refractivity contribution < 1.29 is 34.1 Å². The molecule has 0 aliphatic carbocycles. The summed E-state index contributed by atoms with van der Waals surface area (Å²) < 4.78 is 5.62. The molecule has 0 saturated heterocycles. The van der Waals surface area contributed by atoms with Crippen molar-refractivity contribution in [3.8, 4) is 5.75 Å². The molecular formula is C27H42N2O7. The normalized spacial score (nSPS) is 11.5. The van der Waals surface area contributed by atoms with Crippen LogP contribution in [0.3, 0.4) is 0 Å². The van der Waals surface area contributed by atoms with E-state index in [0.29, 0.717) is 25.3 Å². The van der Waals surface area contributed by atoms with Gasteiger partial charge in [-0.15, -0.1) is 0 Å². The van der Waals surface area contributed by atoms with Gasteiger partial charge in [0.05, 0.1) is 12.2 Å². The molecule has 1 atom stereocenters. The second-order valence-electron chi connectivity index (χ2n) is 8.96. The van der Waals surface area contributed by atoms with Crippen molar-refractivity contribution in [2.45, 2.75) is 96.4 Å². The molecular weight excluding hydrogens is 464 g/mol. The molecule has 0 heterocycles. The largest absolute Gasteiger partial charge is 0.494 e. The predicted molar refractivity (Wildman–Crippen MR) is 137 cm³/mol. The van der Waals surface area contributed by atoms with Crippen molar-refractivity contribution in [3.63, 3.8) is 0 Å². The fourth-order valence-electron chi connectivity index (χ4n) is 3.62. The minimum absolute atomic E-state index is 0.0764. The van der Waals surface area contributed by atoms with Crippen LogP contribution in [0.5, 0.6) is 5.75 Å². The SMILES string of the molecule is CCCCNC(=O)CCC(NC(=O)CCCCCCCCCCOc1ccc(C(=O)O)cc1)C(=O)O. The second-order valence-corrected chi connectivity index (χ2v) is 8.96. The molecule has 9 nitrogen and oxygen atoms in total. The number of rotatable bonds is 21. The molecule has 1 aromatic carbocycles. The Morgan fingerprint density at radius 1 is 0.806 bits per heavy atom.